The van der Waals surface area contributed by atoms with Crippen molar-refractivity contribution in [3.63, 3.8) is 0 Å². The zero-order valence-corrected chi connectivity index (χ0v) is 13.2. The topological polar surface area (TPSA) is 12.0 Å². The van der Waals surface area contributed by atoms with Crippen molar-refractivity contribution in [3.8, 4) is 0 Å². The van der Waals surface area contributed by atoms with E-state index < -0.39 is 0 Å². The Hall–Kier alpha value is -0.890. The van der Waals surface area contributed by atoms with Gasteiger partial charge in [-0.15, -0.1) is 0 Å². The summed E-state index contributed by atoms with van der Waals surface area (Å²) in [6.07, 6.45) is 2.29. The van der Waals surface area contributed by atoms with Crippen LogP contribution in [0.1, 0.15) is 52.0 Å². The molecule has 1 saturated carbocycles. The number of benzene rings is 1. The second kappa shape index (κ2) is 6.71. The maximum atomic E-state index is 13.2. The van der Waals surface area contributed by atoms with Gasteiger partial charge in [-0.05, 0) is 60.8 Å². The normalized spacial score (nSPS) is 22.6. The van der Waals surface area contributed by atoms with Gasteiger partial charge in [0.2, 0.25) is 0 Å². The van der Waals surface area contributed by atoms with E-state index in [2.05, 4.69) is 39.1 Å². The van der Waals surface area contributed by atoms with E-state index in [9.17, 15) is 4.39 Å². The molecular formula is C18H28FN. The van der Waals surface area contributed by atoms with Gasteiger partial charge < -0.3 is 5.32 Å². The van der Waals surface area contributed by atoms with Gasteiger partial charge in [-0.3, -0.25) is 0 Å². The number of rotatable bonds is 6. The molecule has 112 valence electrons. The van der Waals surface area contributed by atoms with Gasteiger partial charge >= 0.3 is 0 Å². The second-order valence-corrected chi connectivity index (χ2v) is 6.98. The molecule has 2 heteroatoms. The highest BCUT2D eigenvalue weighted by Crippen LogP contribution is 2.37. The molecule has 0 spiro atoms. The minimum atomic E-state index is -0.112. The lowest BCUT2D eigenvalue weighted by Gasteiger charge is -2.38. The summed E-state index contributed by atoms with van der Waals surface area (Å²) in [6, 6.07) is 7.69. The molecule has 0 atom stereocenters. The monoisotopic (exact) mass is 277 g/mol. The second-order valence-electron chi connectivity index (χ2n) is 6.98. The molecule has 0 unspecified atom stereocenters. The number of hydrogen-bond donors (Lipinski definition) is 1. The zero-order valence-electron chi connectivity index (χ0n) is 13.2. The summed E-state index contributed by atoms with van der Waals surface area (Å²) in [6.45, 7) is 10.3. The molecule has 0 heterocycles. The first kappa shape index (κ1) is 15.5. The number of halogens is 1. The zero-order chi connectivity index (χ0) is 14.7. The average Bonchev–Trinajstić information content (AvgIpc) is 2.30. The van der Waals surface area contributed by atoms with Crippen LogP contribution in [0.4, 0.5) is 4.39 Å². The van der Waals surface area contributed by atoms with E-state index in [0.717, 1.165) is 42.7 Å². The molecule has 2 rings (SSSR count). The highest BCUT2D eigenvalue weighted by Gasteiger charge is 2.31. The summed E-state index contributed by atoms with van der Waals surface area (Å²) in [5.41, 5.74) is 1.16. The first-order valence-corrected chi connectivity index (χ1v) is 7.96. The third kappa shape index (κ3) is 3.82. The minimum absolute atomic E-state index is 0.112. The van der Waals surface area contributed by atoms with Crippen molar-refractivity contribution < 1.29 is 4.39 Å². The van der Waals surface area contributed by atoms with E-state index in [-0.39, 0.29) is 5.82 Å². The SMILES string of the molecule is CC(C)C(CNC1CC(c2cccc(F)c2)C1)C(C)C. The Morgan fingerprint density at radius 2 is 1.80 bits per heavy atom. The van der Waals surface area contributed by atoms with E-state index in [0.29, 0.717) is 12.0 Å². The van der Waals surface area contributed by atoms with Crippen LogP contribution < -0.4 is 5.32 Å². The highest BCUT2D eigenvalue weighted by atomic mass is 19.1. The molecule has 0 aliphatic heterocycles. The Balaban J connectivity index is 1.77. The summed E-state index contributed by atoms with van der Waals surface area (Å²) >= 11 is 0. The van der Waals surface area contributed by atoms with E-state index in [1.807, 2.05) is 6.07 Å². The first-order chi connectivity index (χ1) is 9.47. The third-order valence-electron chi connectivity index (χ3n) is 4.81. The molecule has 1 aromatic rings. The molecule has 1 fully saturated rings. The lowest BCUT2D eigenvalue weighted by molar-refractivity contribution is 0.225. The van der Waals surface area contributed by atoms with Crippen molar-refractivity contribution in [2.45, 2.75) is 52.5 Å². The summed E-state index contributed by atoms with van der Waals surface area (Å²) < 4.78 is 13.2. The molecule has 1 aromatic carbocycles. The van der Waals surface area contributed by atoms with Gasteiger partial charge in [-0.25, -0.2) is 4.39 Å². The van der Waals surface area contributed by atoms with Gasteiger partial charge in [0.05, 0.1) is 0 Å². The number of nitrogens with one attached hydrogen (secondary N) is 1. The predicted octanol–water partition coefficient (Wildman–Crippen LogP) is 4.59. The molecule has 0 radical (unpaired) electrons. The van der Waals surface area contributed by atoms with E-state index in [4.69, 9.17) is 0 Å². The van der Waals surface area contributed by atoms with E-state index in [1.54, 1.807) is 6.07 Å². The minimum Gasteiger partial charge on any atom is -0.314 e. The van der Waals surface area contributed by atoms with Crippen molar-refractivity contribution in [1.29, 1.82) is 0 Å². The van der Waals surface area contributed by atoms with Gasteiger partial charge in [0, 0.05) is 6.04 Å². The molecule has 0 saturated heterocycles. The summed E-state index contributed by atoms with van der Waals surface area (Å²) in [4.78, 5) is 0. The fraction of sp³-hybridized carbons (Fsp3) is 0.667. The Morgan fingerprint density at radius 1 is 1.15 bits per heavy atom. The highest BCUT2D eigenvalue weighted by molar-refractivity contribution is 5.23. The lowest BCUT2D eigenvalue weighted by Crippen LogP contribution is -2.43. The van der Waals surface area contributed by atoms with Crippen LogP contribution in [0.15, 0.2) is 24.3 Å². The fourth-order valence-corrected chi connectivity index (χ4v) is 3.36. The average molecular weight is 277 g/mol. The van der Waals surface area contributed by atoms with Crippen LogP contribution in [0.5, 0.6) is 0 Å². The standard InChI is InChI=1S/C18H28FN/c1-12(2)18(13(3)4)11-20-17-9-15(10-17)14-6-5-7-16(19)8-14/h5-8,12-13,15,17-18,20H,9-11H2,1-4H3. The van der Waals surface area contributed by atoms with Crippen LogP contribution in [0, 0.1) is 23.6 Å². The van der Waals surface area contributed by atoms with Crippen LogP contribution in [0.25, 0.3) is 0 Å². The maximum absolute atomic E-state index is 13.2. The van der Waals surface area contributed by atoms with Gasteiger partial charge in [-0.1, -0.05) is 39.8 Å². The van der Waals surface area contributed by atoms with Crippen LogP contribution in [0.3, 0.4) is 0 Å². The first-order valence-electron chi connectivity index (χ1n) is 7.96. The molecule has 0 bridgehead atoms. The molecule has 20 heavy (non-hydrogen) atoms. The Morgan fingerprint density at radius 3 is 2.35 bits per heavy atom. The van der Waals surface area contributed by atoms with Gasteiger partial charge in [0.1, 0.15) is 5.82 Å². The maximum Gasteiger partial charge on any atom is 0.123 e. The van der Waals surface area contributed by atoms with E-state index >= 15 is 0 Å². The van der Waals surface area contributed by atoms with Crippen LogP contribution in [-0.4, -0.2) is 12.6 Å². The lowest BCUT2D eigenvalue weighted by atomic mass is 9.75. The molecule has 1 N–H and O–H groups in total. The quantitative estimate of drug-likeness (QED) is 0.802. The smallest absolute Gasteiger partial charge is 0.123 e. The Labute approximate surface area is 123 Å². The van der Waals surface area contributed by atoms with Crippen LogP contribution >= 0.6 is 0 Å². The van der Waals surface area contributed by atoms with E-state index in [1.165, 1.54) is 6.07 Å². The van der Waals surface area contributed by atoms with Crippen molar-refractivity contribution in [2.24, 2.45) is 17.8 Å². The summed E-state index contributed by atoms with van der Waals surface area (Å²) in [5.74, 6) is 2.62. The van der Waals surface area contributed by atoms with Gasteiger partial charge in [-0.2, -0.15) is 0 Å². The largest absolute Gasteiger partial charge is 0.314 e. The molecule has 1 nitrogen and oxygen atoms in total. The van der Waals surface area contributed by atoms with Crippen molar-refractivity contribution in [2.75, 3.05) is 6.54 Å². The predicted molar refractivity (Wildman–Crippen MR) is 83.3 cm³/mol. The molecular weight excluding hydrogens is 249 g/mol. The van der Waals surface area contributed by atoms with Crippen molar-refractivity contribution in [1.82, 2.24) is 5.32 Å². The fourth-order valence-electron chi connectivity index (χ4n) is 3.36. The molecule has 0 amide bonds. The Bertz CT molecular complexity index is 413. The molecule has 1 aliphatic rings. The van der Waals surface area contributed by atoms with Crippen molar-refractivity contribution in [3.05, 3.63) is 35.6 Å². The van der Waals surface area contributed by atoms with Gasteiger partial charge in [0.15, 0.2) is 0 Å². The molecule has 1 aliphatic carbocycles. The van der Waals surface area contributed by atoms with Crippen molar-refractivity contribution >= 4 is 0 Å². The summed E-state index contributed by atoms with van der Waals surface area (Å²) in [5, 5.41) is 3.70. The Kier molecular flexibility index (Phi) is 5.20. The van der Waals surface area contributed by atoms with Crippen LogP contribution in [0.2, 0.25) is 0 Å². The number of hydrogen-bond acceptors (Lipinski definition) is 1. The third-order valence-corrected chi connectivity index (χ3v) is 4.81. The van der Waals surface area contributed by atoms with Gasteiger partial charge in [0.25, 0.3) is 0 Å². The summed E-state index contributed by atoms with van der Waals surface area (Å²) in [7, 11) is 0. The molecule has 0 aromatic heterocycles. The van der Waals surface area contributed by atoms with Crippen LogP contribution in [-0.2, 0) is 0 Å².